The van der Waals surface area contributed by atoms with E-state index in [1.807, 2.05) is 54.6 Å². The summed E-state index contributed by atoms with van der Waals surface area (Å²) in [5.74, 6) is -0.822. The van der Waals surface area contributed by atoms with Crippen LogP contribution in [0.5, 0.6) is 5.75 Å². The number of anilines is 1. The number of aromatic nitrogens is 1. The number of halogens is 1. The molecule has 3 aromatic carbocycles. The number of amides is 2. The molecular weight excluding hydrogens is 572 g/mol. The molecule has 3 heterocycles. The fourth-order valence-corrected chi connectivity index (χ4v) is 7.70. The fourth-order valence-electron chi connectivity index (χ4n) is 4.93. The summed E-state index contributed by atoms with van der Waals surface area (Å²) >= 11 is 5.79. The number of hydrogen-bond acceptors (Lipinski definition) is 6. The zero-order valence-electron chi connectivity index (χ0n) is 19.6. The van der Waals surface area contributed by atoms with Gasteiger partial charge >= 0.3 is 4.87 Å². The molecule has 6 nitrogen and oxygen atoms in total. The first-order valence-corrected chi connectivity index (χ1v) is 14.2. The number of nitrogens with one attached hydrogen (secondary N) is 1. The molecule has 1 N–H and O–H groups in total. The molecule has 9 heteroatoms. The van der Waals surface area contributed by atoms with Crippen molar-refractivity contribution in [2.75, 3.05) is 4.90 Å². The minimum atomic E-state index is -0.615. The number of aromatic amines is 1. The van der Waals surface area contributed by atoms with Crippen LogP contribution in [0, 0.1) is 12.8 Å². The van der Waals surface area contributed by atoms with E-state index in [2.05, 4.69) is 33.9 Å². The van der Waals surface area contributed by atoms with E-state index in [1.54, 1.807) is 12.1 Å². The zero-order chi connectivity index (χ0) is 25.7. The molecule has 6 rings (SSSR count). The number of nitrogens with zero attached hydrogens (tertiary/aromatic N) is 1. The highest BCUT2D eigenvalue weighted by Gasteiger charge is 2.56. The topological polar surface area (TPSA) is 79.5 Å². The number of thiazole rings is 1. The summed E-state index contributed by atoms with van der Waals surface area (Å²) in [5.41, 5.74) is 3.70. The van der Waals surface area contributed by atoms with Gasteiger partial charge in [0.25, 0.3) is 0 Å². The van der Waals surface area contributed by atoms with Crippen molar-refractivity contribution in [1.29, 1.82) is 0 Å². The second-order valence-corrected chi connectivity index (χ2v) is 12.1. The van der Waals surface area contributed by atoms with Crippen molar-refractivity contribution in [3.8, 4) is 5.75 Å². The number of benzene rings is 3. The Morgan fingerprint density at radius 3 is 2.41 bits per heavy atom. The molecule has 0 aliphatic carbocycles. The summed E-state index contributed by atoms with van der Waals surface area (Å²) in [5, 5.41) is 0.0517. The fraction of sp³-hybridized carbons (Fsp3) is 0.179. The van der Waals surface area contributed by atoms with Crippen molar-refractivity contribution in [2.24, 2.45) is 5.92 Å². The first kappa shape index (κ1) is 24.2. The molecule has 4 aromatic rings. The largest absolute Gasteiger partial charge is 0.489 e. The Bertz CT molecular complexity index is 1560. The van der Waals surface area contributed by atoms with Gasteiger partial charge in [0, 0.05) is 15.3 Å². The lowest BCUT2D eigenvalue weighted by Gasteiger charge is -2.29. The van der Waals surface area contributed by atoms with Crippen LogP contribution in [0.2, 0.25) is 0 Å². The van der Waals surface area contributed by atoms with Crippen LogP contribution < -0.4 is 14.5 Å². The minimum absolute atomic E-state index is 0.190. The maximum Gasteiger partial charge on any atom is 0.305 e. The molecule has 1 fully saturated rings. The number of rotatable bonds is 5. The predicted octanol–water partition coefficient (Wildman–Crippen LogP) is 5.88. The van der Waals surface area contributed by atoms with Gasteiger partial charge in [0.2, 0.25) is 11.8 Å². The summed E-state index contributed by atoms with van der Waals surface area (Å²) in [6, 6.07) is 22.8. The van der Waals surface area contributed by atoms with E-state index in [4.69, 9.17) is 4.74 Å². The number of fused-ring (bicyclic) bond motifs is 2. The van der Waals surface area contributed by atoms with E-state index in [0.717, 1.165) is 31.8 Å². The van der Waals surface area contributed by atoms with E-state index in [1.165, 1.54) is 22.2 Å². The third-order valence-electron chi connectivity index (χ3n) is 6.80. The van der Waals surface area contributed by atoms with Crippen molar-refractivity contribution < 1.29 is 14.3 Å². The van der Waals surface area contributed by atoms with Crippen LogP contribution in [0.3, 0.4) is 0 Å². The molecule has 2 aliphatic rings. The molecule has 186 valence electrons. The van der Waals surface area contributed by atoms with Crippen molar-refractivity contribution in [1.82, 2.24) is 4.98 Å². The molecule has 1 aromatic heterocycles. The maximum absolute atomic E-state index is 13.8. The summed E-state index contributed by atoms with van der Waals surface area (Å²) in [4.78, 5) is 44.3. The second-order valence-electron chi connectivity index (χ2n) is 9.02. The third kappa shape index (κ3) is 4.35. The molecule has 0 bridgehead atoms. The molecule has 2 amide bonds. The molecule has 1 saturated heterocycles. The number of ether oxygens (including phenoxy) is 1. The lowest BCUT2D eigenvalue weighted by Crippen LogP contribution is -2.32. The van der Waals surface area contributed by atoms with E-state index in [9.17, 15) is 14.4 Å². The quantitative estimate of drug-likeness (QED) is 0.293. The molecule has 37 heavy (non-hydrogen) atoms. The van der Waals surface area contributed by atoms with Gasteiger partial charge in [-0.15, -0.1) is 0 Å². The first-order valence-electron chi connectivity index (χ1n) is 11.7. The number of imide groups is 1. The highest BCUT2D eigenvalue weighted by Crippen LogP contribution is 2.53. The summed E-state index contributed by atoms with van der Waals surface area (Å²) < 4.78 is 6.87. The van der Waals surface area contributed by atoms with Crippen LogP contribution in [0.4, 0.5) is 5.69 Å². The summed E-state index contributed by atoms with van der Waals surface area (Å²) in [7, 11) is 0. The van der Waals surface area contributed by atoms with Gasteiger partial charge in [-0.05, 0) is 60.0 Å². The van der Waals surface area contributed by atoms with Crippen molar-refractivity contribution in [3.63, 3.8) is 0 Å². The lowest BCUT2D eigenvalue weighted by atomic mass is 9.83. The van der Waals surface area contributed by atoms with E-state index < -0.39 is 17.1 Å². The Labute approximate surface area is 229 Å². The third-order valence-corrected chi connectivity index (χ3v) is 9.73. The number of hydrogen-bond donors (Lipinski definition) is 1. The van der Waals surface area contributed by atoms with Gasteiger partial charge in [0.15, 0.2) is 0 Å². The SMILES string of the molecule is Cc1ccccc1COc1ccc(C2c3sc(=O)[nH]c3SC3C(=O)N(c4ccc(Br)cc4)C(=O)C32)cc1. The van der Waals surface area contributed by atoms with Crippen molar-refractivity contribution in [3.05, 3.63) is 109 Å². The minimum Gasteiger partial charge on any atom is -0.489 e. The Morgan fingerprint density at radius 1 is 0.946 bits per heavy atom. The number of H-pyrrole nitrogens is 1. The smallest absolute Gasteiger partial charge is 0.305 e. The number of carbonyl (C=O) groups is 2. The van der Waals surface area contributed by atoms with Gasteiger partial charge in [0.1, 0.15) is 17.6 Å². The lowest BCUT2D eigenvalue weighted by molar-refractivity contribution is -0.122. The standard InChI is InChI=1S/C28H21BrN2O4S2/c1-15-4-2-3-5-17(15)14-35-20-12-6-16(7-13-20)21-22-24(36-25-23(21)37-28(34)30-25)27(33)31(26(22)32)19-10-8-18(29)9-11-19/h2-13,21-22,24H,14H2,1H3,(H,30,34). The normalized spacial score (nSPS) is 20.6. The van der Waals surface area contributed by atoms with Gasteiger partial charge in [-0.25, -0.2) is 4.90 Å². The average molecular weight is 594 g/mol. The van der Waals surface area contributed by atoms with E-state index in [-0.39, 0.29) is 16.7 Å². The monoisotopic (exact) mass is 592 g/mol. The highest BCUT2D eigenvalue weighted by atomic mass is 79.9. The van der Waals surface area contributed by atoms with E-state index >= 15 is 0 Å². The maximum atomic E-state index is 13.8. The summed E-state index contributed by atoms with van der Waals surface area (Å²) in [6.07, 6.45) is 0. The van der Waals surface area contributed by atoms with Crippen molar-refractivity contribution >= 4 is 56.5 Å². The molecular formula is C28H21BrN2O4S2. The van der Waals surface area contributed by atoms with Crippen LogP contribution in [0.1, 0.15) is 27.5 Å². The number of thioether (sulfide) groups is 1. The number of carbonyl (C=O) groups excluding carboxylic acids is 2. The average Bonchev–Trinajstić information content (AvgIpc) is 3.39. The van der Waals surface area contributed by atoms with Gasteiger partial charge < -0.3 is 9.72 Å². The number of aryl methyl sites for hydroxylation is 1. The highest BCUT2D eigenvalue weighted by molar-refractivity contribution is 9.10. The summed E-state index contributed by atoms with van der Waals surface area (Å²) in [6.45, 7) is 2.51. The van der Waals surface area contributed by atoms with Crippen LogP contribution in [0.25, 0.3) is 0 Å². The molecule has 2 aliphatic heterocycles. The Morgan fingerprint density at radius 2 is 1.68 bits per heavy atom. The van der Waals surface area contributed by atoms with Gasteiger partial charge in [-0.2, -0.15) is 0 Å². The molecule has 0 radical (unpaired) electrons. The Hall–Kier alpha value is -3.14. The molecule has 0 saturated carbocycles. The molecule has 3 atom stereocenters. The van der Waals surface area contributed by atoms with Gasteiger partial charge in [-0.3, -0.25) is 14.4 Å². The second kappa shape index (κ2) is 9.63. The van der Waals surface area contributed by atoms with E-state index in [0.29, 0.717) is 23.1 Å². The zero-order valence-corrected chi connectivity index (χ0v) is 22.9. The Balaban J connectivity index is 1.33. The Kier molecular flexibility index (Phi) is 6.30. The van der Waals surface area contributed by atoms with Crippen LogP contribution >= 0.6 is 39.0 Å². The van der Waals surface area contributed by atoms with Crippen molar-refractivity contribution in [2.45, 2.75) is 29.7 Å². The van der Waals surface area contributed by atoms with Crippen LogP contribution in [-0.4, -0.2) is 22.0 Å². The predicted molar refractivity (Wildman–Crippen MR) is 149 cm³/mol. The van der Waals surface area contributed by atoms with Crippen LogP contribution in [-0.2, 0) is 16.2 Å². The first-order chi connectivity index (χ1) is 17.9. The van der Waals surface area contributed by atoms with Gasteiger partial charge in [-0.1, -0.05) is 75.4 Å². The van der Waals surface area contributed by atoms with Gasteiger partial charge in [0.05, 0.1) is 16.6 Å². The molecule has 3 unspecified atom stereocenters. The molecule has 0 spiro atoms. The van der Waals surface area contributed by atoms with Crippen LogP contribution in [0.15, 0.2) is 87.1 Å².